The van der Waals surface area contributed by atoms with Crippen LogP contribution in [0, 0.1) is 6.92 Å². The van der Waals surface area contributed by atoms with E-state index in [-0.39, 0.29) is 5.56 Å². The molecular formula is C8H14N4O2. The Morgan fingerprint density at radius 1 is 1.36 bits per heavy atom. The van der Waals surface area contributed by atoms with Gasteiger partial charge in [0, 0.05) is 30.9 Å². The van der Waals surface area contributed by atoms with E-state index in [0.29, 0.717) is 30.9 Å². The predicted molar refractivity (Wildman–Crippen MR) is 53.2 cm³/mol. The highest BCUT2D eigenvalue weighted by Gasteiger charge is 2.02. The molecular weight excluding hydrogens is 184 g/mol. The van der Waals surface area contributed by atoms with E-state index in [2.05, 4.69) is 15.3 Å². The van der Waals surface area contributed by atoms with Crippen LogP contribution in [0.2, 0.25) is 0 Å². The first kappa shape index (κ1) is 10.7. The van der Waals surface area contributed by atoms with Gasteiger partial charge in [-0.1, -0.05) is 0 Å². The van der Waals surface area contributed by atoms with E-state index < -0.39 is 5.69 Å². The second-order valence-electron chi connectivity index (χ2n) is 2.98. The summed E-state index contributed by atoms with van der Waals surface area (Å²) in [6, 6.07) is 0. The number of aromatic amines is 2. The van der Waals surface area contributed by atoms with Crippen molar-refractivity contribution in [1.29, 1.82) is 0 Å². The summed E-state index contributed by atoms with van der Waals surface area (Å²) < 4.78 is 0. The van der Waals surface area contributed by atoms with Crippen LogP contribution in [0.3, 0.4) is 0 Å². The van der Waals surface area contributed by atoms with Gasteiger partial charge in [0.25, 0.3) is 5.56 Å². The van der Waals surface area contributed by atoms with Gasteiger partial charge in [-0.25, -0.2) is 4.79 Å². The molecule has 1 aromatic rings. The number of aromatic nitrogens is 2. The van der Waals surface area contributed by atoms with Crippen molar-refractivity contribution in [2.75, 3.05) is 13.1 Å². The first-order valence-corrected chi connectivity index (χ1v) is 4.38. The maximum atomic E-state index is 11.2. The van der Waals surface area contributed by atoms with Crippen LogP contribution in [0.4, 0.5) is 0 Å². The summed E-state index contributed by atoms with van der Waals surface area (Å²) in [5.41, 5.74) is 5.58. The van der Waals surface area contributed by atoms with E-state index in [1.807, 2.05) is 0 Å². The molecule has 0 fully saturated rings. The third kappa shape index (κ3) is 2.54. The molecule has 0 unspecified atom stereocenters. The molecule has 0 radical (unpaired) electrons. The highest BCUT2D eigenvalue weighted by Crippen LogP contribution is 1.93. The predicted octanol–water partition coefficient (Wildman–Crippen LogP) is -1.58. The Hall–Kier alpha value is -1.40. The molecule has 0 saturated heterocycles. The molecule has 0 bridgehead atoms. The van der Waals surface area contributed by atoms with Gasteiger partial charge in [-0.15, -0.1) is 0 Å². The Morgan fingerprint density at radius 2 is 2.07 bits per heavy atom. The Balaban J connectivity index is 2.86. The van der Waals surface area contributed by atoms with Crippen molar-refractivity contribution in [2.45, 2.75) is 13.5 Å². The molecule has 0 aromatic carbocycles. The van der Waals surface area contributed by atoms with Crippen molar-refractivity contribution < 1.29 is 0 Å². The molecule has 0 aliphatic rings. The van der Waals surface area contributed by atoms with Gasteiger partial charge >= 0.3 is 5.69 Å². The van der Waals surface area contributed by atoms with Gasteiger partial charge in [0.2, 0.25) is 0 Å². The largest absolute Gasteiger partial charge is 0.329 e. The van der Waals surface area contributed by atoms with E-state index in [4.69, 9.17) is 5.73 Å². The molecule has 78 valence electrons. The number of hydrogen-bond donors (Lipinski definition) is 4. The Bertz CT molecular complexity index is 407. The van der Waals surface area contributed by atoms with Crippen LogP contribution >= 0.6 is 0 Å². The zero-order chi connectivity index (χ0) is 10.6. The third-order valence-electron chi connectivity index (χ3n) is 1.91. The fourth-order valence-corrected chi connectivity index (χ4v) is 1.09. The average molecular weight is 198 g/mol. The Morgan fingerprint density at radius 3 is 2.71 bits per heavy atom. The number of nitrogens with one attached hydrogen (secondary N) is 3. The van der Waals surface area contributed by atoms with Gasteiger partial charge in [0.05, 0.1) is 0 Å². The van der Waals surface area contributed by atoms with Crippen LogP contribution < -0.4 is 22.3 Å². The van der Waals surface area contributed by atoms with Crippen molar-refractivity contribution in [1.82, 2.24) is 15.3 Å². The normalized spacial score (nSPS) is 10.4. The van der Waals surface area contributed by atoms with E-state index in [1.165, 1.54) is 0 Å². The zero-order valence-corrected chi connectivity index (χ0v) is 8.02. The van der Waals surface area contributed by atoms with Gasteiger partial charge in [-0.2, -0.15) is 0 Å². The molecule has 14 heavy (non-hydrogen) atoms. The minimum Gasteiger partial charge on any atom is -0.329 e. The smallest absolute Gasteiger partial charge is 0.325 e. The molecule has 1 heterocycles. The second kappa shape index (κ2) is 4.73. The summed E-state index contributed by atoms with van der Waals surface area (Å²) in [6.07, 6.45) is 0. The van der Waals surface area contributed by atoms with E-state index in [1.54, 1.807) is 6.92 Å². The van der Waals surface area contributed by atoms with Crippen LogP contribution in [0.25, 0.3) is 0 Å². The lowest BCUT2D eigenvalue weighted by molar-refractivity contribution is 0.672. The molecule has 1 rings (SSSR count). The van der Waals surface area contributed by atoms with Crippen LogP contribution in [0.5, 0.6) is 0 Å². The van der Waals surface area contributed by atoms with E-state index >= 15 is 0 Å². The quantitative estimate of drug-likeness (QED) is 0.438. The average Bonchev–Trinajstić information content (AvgIpc) is 2.13. The van der Waals surface area contributed by atoms with Gasteiger partial charge in [-0.05, 0) is 6.92 Å². The van der Waals surface area contributed by atoms with Crippen LogP contribution in [0.15, 0.2) is 9.59 Å². The summed E-state index contributed by atoms with van der Waals surface area (Å²) in [5.74, 6) is 0. The van der Waals surface area contributed by atoms with E-state index in [0.717, 1.165) is 0 Å². The number of hydrogen-bond acceptors (Lipinski definition) is 4. The molecule has 0 spiro atoms. The topological polar surface area (TPSA) is 104 Å². The van der Waals surface area contributed by atoms with Gasteiger partial charge < -0.3 is 16.0 Å². The number of H-pyrrole nitrogens is 2. The van der Waals surface area contributed by atoms with Gasteiger partial charge in [0.1, 0.15) is 0 Å². The molecule has 6 nitrogen and oxygen atoms in total. The first-order chi connectivity index (χ1) is 6.65. The Labute approximate surface area is 80.5 Å². The minimum absolute atomic E-state index is 0.349. The zero-order valence-electron chi connectivity index (χ0n) is 8.02. The standard InChI is InChI=1S/C8H14N4O2/c1-5-6(4-10-3-2-9)11-8(14)12-7(5)13/h10H,2-4,9H2,1H3,(H2,11,12,13,14). The number of rotatable bonds is 4. The summed E-state index contributed by atoms with van der Waals surface area (Å²) in [5, 5.41) is 3.00. The lowest BCUT2D eigenvalue weighted by Gasteiger charge is -2.04. The van der Waals surface area contributed by atoms with Crippen molar-refractivity contribution >= 4 is 0 Å². The SMILES string of the molecule is Cc1c(CNCCN)[nH]c(=O)[nH]c1=O. The first-order valence-electron chi connectivity index (χ1n) is 4.38. The second-order valence-corrected chi connectivity index (χ2v) is 2.98. The molecule has 0 amide bonds. The molecule has 0 aliphatic carbocycles. The molecule has 6 heteroatoms. The molecule has 0 atom stereocenters. The lowest BCUT2D eigenvalue weighted by Crippen LogP contribution is -2.30. The summed E-state index contributed by atoms with van der Waals surface area (Å²) in [4.78, 5) is 26.8. The fourth-order valence-electron chi connectivity index (χ4n) is 1.09. The third-order valence-corrected chi connectivity index (χ3v) is 1.91. The van der Waals surface area contributed by atoms with Crippen molar-refractivity contribution in [3.05, 3.63) is 32.1 Å². The fraction of sp³-hybridized carbons (Fsp3) is 0.500. The van der Waals surface area contributed by atoms with Crippen molar-refractivity contribution in [2.24, 2.45) is 5.73 Å². The van der Waals surface area contributed by atoms with Crippen molar-refractivity contribution in [3.8, 4) is 0 Å². The van der Waals surface area contributed by atoms with Crippen molar-refractivity contribution in [3.63, 3.8) is 0 Å². The monoisotopic (exact) mass is 198 g/mol. The van der Waals surface area contributed by atoms with Crippen LogP contribution in [-0.4, -0.2) is 23.1 Å². The summed E-state index contributed by atoms with van der Waals surface area (Å²) in [7, 11) is 0. The highest BCUT2D eigenvalue weighted by atomic mass is 16.2. The van der Waals surface area contributed by atoms with Crippen LogP contribution in [0.1, 0.15) is 11.3 Å². The lowest BCUT2D eigenvalue weighted by atomic mass is 10.2. The maximum Gasteiger partial charge on any atom is 0.325 e. The molecule has 0 saturated carbocycles. The summed E-state index contributed by atoms with van der Waals surface area (Å²) >= 11 is 0. The summed E-state index contributed by atoms with van der Waals surface area (Å²) in [6.45, 7) is 3.27. The maximum absolute atomic E-state index is 11.2. The van der Waals surface area contributed by atoms with Gasteiger partial charge in [0.15, 0.2) is 0 Å². The molecule has 0 aliphatic heterocycles. The Kier molecular flexibility index (Phi) is 3.61. The van der Waals surface area contributed by atoms with Crippen LogP contribution in [-0.2, 0) is 6.54 Å². The highest BCUT2D eigenvalue weighted by molar-refractivity contribution is 5.13. The minimum atomic E-state index is -0.481. The van der Waals surface area contributed by atoms with E-state index in [9.17, 15) is 9.59 Å². The van der Waals surface area contributed by atoms with Gasteiger partial charge in [-0.3, -0.25) is 9.78 Å². The number of nitrogens with two attached hydrogens (primary N) is 1. The molecule has 1 aromatic heterocycles. The molecule has 5 N–H and O–H groups in total.